The van der Waals surface area contributed by atoms with Gasteiger partial charge in [0.1, 0.15) is 0 Å². The Morgan fingerprint density at radius 2 is 2.29 bits per heavy atom. The second kappa shape index (κ2) is 4.80. The molecule has 1 aromatic rings. The summed E-state index contributed by atoms with van der Waals surface area (Å²) in [6.45, 7) is 1.83. The maximum atomic E-state index is 10.9. The summed E-state index contributed by atoms with van der Waals surface area (Å²) in [5, 5.41) is 9.26. The van der Waals surface area contributed by atoms with Crippen molar-refractivity contribution < 1.29 is 9.90 Å². The zero-order valence-corrected chi connectivity index (χ0v) is 9.97. The predicted molar refractivity (Wildman–Crippen MR) is 60.3 cm³/mol. The lowest BCUT2D eigenvalue weighted by Gasteiger charge is -2.11. The van der Waals surface area contributed by atoms with Crippen LogP contribution in [0.25, 0.3) is 0 Å². The van der Waals surface area contributed by atoms with Crippen molar-refractivity contribution in [3.63, 3.8) is 0 Å². The number of hydrogen-bond donors (Lipinski definition) is 1. The van der Waals surface area contributed by atoms with E-state index in [0.717, 1.165) is 11.1 Å². The Morgan fingerprint density at radius 3 is 2.71 bits per heavy atom. The van der Waals surface area contributed by atoms with Crippen molar-refractivity contribution in [1.82, 2.24) is 0 Å². The highest BCUT2D eigenvalue weighted by molar-refractivity contribution is 9.08. The van der Waals surface area contributed by atoms with Crippen molar-refractivity contribution in [1.29, 1.82) is 0 Å². The van der Waals surface area contributed by atoms with Gasteiger partial charge in [-0.3, -0.25) is 0 Å². The van der Waals surface area contributed by atoms with Gasteiger partial charge in [-0.2, -0.15) is 0 Å². The molecule has 76 valence electrons. The molecule has 0 spiro atoms. The van der Waals surface area contributed by atoms with Crippen LogP contribution < -0.4 is 0 Å². The van der Waals surface area contributed by atoms with Crippen LogP contribution in [0.4, 0.5) is 0 Å². The first-order chi connectivity index (χ1) is 6.57. The van der Waals surface area contributed by atoms with Crippen LogP contribution in [-0.2, 0) is 5.33 Å². The van der Waals surface area contributed by atoms with E-state index >= 15 is 0 Å². The average molecular weight is 278 g/mol. The first-order valence-corrected chi connectivity index (χ1v) is 5.68. The topological polar surface area (TPSA) is 37.3 Å². The third-order valence-electron chi connectivity index (χ3n) is 2.00. The molecule has 0 aliphatic carbocycles. The van der Waals surface area contributed by atoms with Gasteiger partial charge >= 0.3 is 5.97 Å². The highest BCUT2D eigenvalue weighted by Gasteiger charge is 2.15. The quantitative estimate of drug-likeness (QED) is 0.858. The number of benzene rings is 1. The third-order valence-corrected chi connectivity index (χ3v) is 2.80. The fourth-order valence-electron chi connectivity index (χ4n) is 1.33. The van der Waals surface area contributed by atoms with Crippen LogP contribution in [0.5, 0.6) is 0 Å². The zero-order chi connectivity index (χ0) is 10.7. The fourth-order valence-corrected chi connectivity index (χ4v) is 2.16. The van der Waals surface area contributed by atoms with Crippen LogP contribution in [0.15, 0.2) is 18.2 Å². The number of carboxylic acid groups (broad SMARTS) is 1. The molecule has 14 heavy (non-hydrogen) atoms. The van der Waals surface area contributed by atoms with Gasteiger partial charge in [0.05, 0.1) is 10.9 Å². The highest BCUT2D eigenvalue weighted by Crippen LogP contribution is 2.27. The number of carboxylic acids is 1. The van der Waals surface area contributed by atoms with Crippen LogP contribution in [0.1, 0.15) is 33.8 Å². The molecule has 0 aliphatic rings. The number of carbonyl (C=O) groups is 1. The molecular weight excluding hydrogens is 267 g/mol. The minimum atomic E-state index is -0.918. The normalized spacial score (nSPS) is 12.5. The number of hydrogen-bond acceptors (Lipinski definition) is 1. The molecule has 1 N–H and O–H groups in total. The van der Waals surface area contributed by atoms with Gasteiger partial charge in [-0.25, -0.2) is 4.79 Å². The average Bonchev–Trinajstić information content (AvgIpc) is 2.16. The Labute approximate surface area is 96.0 Å². The van der Waals surface area contributed by atoms with E-state index in [9.17, 15) is 4.79 Å². The van der Waals surface area contributed by atoms with E-state index < -0.39 is 5.97 Å². The van der Waals surface area contributed by atoms with Crippen LogP contribution >= 0.6 is 27.5 Å². The molecule has 0 aromatic heterocycles. The molecule has 0 amide bonds. The lowest BCUT2D eigenvalue weighted by Crippen LogP contribution is -2.04. The van der Waals surface area contributed by atoms with Crippen LogP contribution in [0.3, 0.4) is 0 Å². The standard InChI is InChI=1S/C10H10BrClO2/c1-6(12)7-3-2-4-8(10(13)14)9(7)5-11/h2-4,6H,5H2,1H3,(H,13,14). The largest absolute Gasteiger partial charge is 0.478 e. The summed E-state index contributed by atoms with van der Waals surface area (Å²) in [4.78, 5) is 10.9. The van der Waals surface area contributed by atoms with Gasteiger partial charge in [-0.1, -0.05) is 28.1 Å². The van der Waals surface area contributed by atoms with E-state index in [1.807, 2.05) is 13.0 Å². The van der Waals surface area contributed by atoms with E-state index in [1.54, 1.807) is 12.1 Å². The van der Waals surface area contributed by atoms with E-state index in [0.29, 0.717) is 10.9 Å². The van der Waals surface area contributed by atoms with Gasteiger partial charge in [0.25, 0.3) is 0 Å². The zero-order valence-electron chi connectivity index (χ0n) is 7.63. The molecule has 1 atom stereocenters. The van der Waals surface area contributed by atoms with Gasteiger partial charge in [0, 0.05) is 5.33 Å². The molecule has 0 bridgehead atoms. The molecule has 0 heterocycles. The van der Waals surface area contributed by atoms with Gasteiger partial charge in [-0.05, 0) is 24.1 Å². The van der Waals surface area contributed by atoms with Crippen LogP contribution in [-0.4, -0.2) is 11.1 Å². The molecule has 1 rings (SSSR count). The molecule has 2 nitrogen and oxygen atoms in total. The van der Waals surface area contributed by atoms with Gasteiger partial charge in [0.2, 0.25) is 0 Å². The monoisotopic (exact) mass is 276 g/mol. The highest BCUT2D eigenvalue weighted by atomic mass is 79.9. The van der Waals surface area contributed by atoms with E-state index in [-0.39, 0.29) is 5.38 Å². The predicted octanol–water partition coefficient (Wildman–Crippen LogP) is 3.58. The number of rotatable bonds is 3. The van der Waals surface area contributed by atoms with Gasteiger partial charge in [0.15, 0.2) is 0 Å². The summed E-state index contributed by atoms with van der Waals surface area (Å²) >= 11 is 9.22. The lowest BCUT2D eigenvalue weighted by molar-refractivity contribution is 0.0696. The number of aromatic carboxylic acids is 1. The Kier molecular flexibility index (Phi) is 3.96. The van der Waals surface area contributed by atoms with Gasteiger partial charge < -0.3 is 5.11 Å². The molecule has 0 radical (unpaired) electrons. The molecule has 0 saturated carbocycles. The lowest BCUT2D eigenvalue weighted by atomic mass is 10.0. The third kappa shape index (κ3) is 2.28. The Hall–Kier alpha value is -0.540. The summed E-state index contributed by atoms with van der Waals surface area (Å²) in [6.07, 6.45) is 0. The SMILES string of the molecule is CC(Cl)c1cccc(C(=O)O)c1CBr. The summed E-state index contributed by atoms with van der Waals surface area (Å²) in [7, 11) is 0. The van der Waals surface area contributed by atoms with Crippen molar-refractivity contribution >= 4 is 33.5 Å². The summed E-state index contributed by atoms with van der Waals surface area (Å²) in [6, 6.07) is 5.15. The van der Waals surface area contributed by atoms with Crippen molar-refractivity contribution in [2.45, 2.75) is 17.6 Å². The van der Waals surface area contributed by atoms with Crippen LogP contribution in [0.2, 0.25) is 0 Å². The number of alkyl halides is 2. The van der Waals surface area contributed by atoms with Gasteiger partial charge in [-0.15, -0.1) is 11.6 Å². The summed E-state index contributed by atoms with van der Waals surface area (Å²) in [5.74, 6) is -0.918. The fraction of sp³-hybridized carbons (Fsp3) is 0.300. The molecule has 1 unspecified atom stereocenters. The second-order valence-electron chi connectivity index (χ2n) is 2.93. The Balaban J connectivity index is 3.32. The minimum Gasteiger partial charge on any atom is -0.478 e. The van der Waals surface area contributed by atoms with Crippen molar-refractivity contribution in [3.05, 3.63) is 34.9 Å². The van der Waals surface area contributed by atoms with E-state index in [1.165, 1.54) is 0 Å². The first kappa shape index (κ1) is 11.5. The molecule has 0 saturated heterocycles. The maximum Gasteiger partial charge on any atom is 0.336 e. The van der Waals surface area contributed by atoms with Crippen molar-refractivity contribution in [3.8, 4) is 0 Å². The number of halogens is 2. The van der Waals surface area contributed by atoms with Crippen molar-refractivity contribution in [2.75, 3.05) is 0 Å². The summed E-state index contributed by atoms with van der Waals surface area (Å²) < 4.78 is 0. The molecule has 0 fully saturated rings. The molecule has 4 heteroatoms. The maximum absolute atomic E-state index is 10.9. The van der Waals surface area contributed by atoms with E-state index in [4.69, 9.17) is 16.7 Å². The van der Waals surface area contributed by atoms with Crippen LogP contribution in [0, 0.1) is 0 Å². The van der Waals surface area contributed by atoms with Crippen molar-refractivity contribution in [2.24, 2.45) is 0 Å². The summed E-state index contributed by atoms with van der Waals surface area (Å²) in [5.41, 5.74) is 1.93. The minimum absolute atomic E-state index is 0.179. The molecular formula is C10H10BrClO2. The smallest absolute Gasteiger partial charge is 0.336 e. The first-order valence-electron chi connectivity index (χ1n) is 4.13. The Bertz CT molecular complexity index is 350. The second-order valence-corrected chi connectivity index (χ2v) is 4.14. The van der Waals surface area contributed by atoms with E-state index in [2.05, 4.69) is 15.9 Å². The molecule has 0 aliphatic heterocycles. The molecule has 1 aromatic carbocycles. The Morgan fingerprint density at radius 1 is 1.64 bits per heavy atom.